The van der Waals surface area contributed by atoms with E-state index in [1.54, 1.807) is 6.92 Å². The summed E-state index contributed by atoms with van der Waals surface area (Å²) in [5, 5.41) is 3.93. The molecule has 1 aliphatic rings. The van der Waals surface area contributed by atoms with Crippen molar-refractivity contribution in [3.8, 4) is 0 Å². The number of nitrogens with one attached hydrogen (secondary N) is 1. The fraction of sp³-hybridized carbons (Fsp3) is 0.750. The first-order valence-corrected chi connectivity index (χ1v) is 7.48. The van der Waals surface area contributed by atoms with Crippen LogP contribution in [0.1, 0.15) is 6.92 Å². The molecule has 0 aliphatic carbocycles. The number of rotatable bonds is 5. The third-order valence-electron chi connectivity index (χ3n) is 2.59. The minimum atomic E-state index is -2.99. The van der Waals surface area contributed by atoms with Crippen LogP contribution in [0.3, 0.4) is 0 Å². The van der Waals surface area contributed by atoms with Crippen LogP contribution >= 0.6 is 11.5 Å². The number of sulfonamides is 1. The van der Waals surface area contributed by atoms with Gasteiger partial charge in [0.25, 0.3) is 0 Å². The monoisotopic (exact) mass is 262 g/mol. The maximum Gasteiger partial charge on any atom is 0.213 e. The predicted octanol–water partition coefficient (Wildman–Crippen LogP) is 0.231. The smallest absolute Gasteiger partial charge is 0.213 e. The summed E-state index contributed by atoms with van der Waals surface area (Å²) in [6.07, 6.45) is 1.50. The maximum atomic E-state index is 11.4. The van der Waals surface area contributed by atoms with Crippen molar-refractivity contribution < 1.29 is 8.42 Å². The van der Waals surface area contributed by atoms with Gasteiger partial charge in [-0.05, 0) is 6.92 Å². The van der Waals surface area contributed by atoms with Crippen molar-refractivity contribution in [3.63, 3.8) is 0 Å². The summed E-state index contributed by atoms with van der Waals surface area (Å²) in [7, 11) is -2.99. The van der Waals surface area contributed by atoms with Crippen molar-refractivity contribution in [2.75, 3.05) is 30.7 Å². The van der Waals surface area contributed by atoms with Crippen molar-refractivity contribution in [1.29, 1.82) is 0 Å². The molecule has 0 spiro atoms. The van der Waals surface area contributed by atoms with Gasteiger partial charge in [0, 0.05) is 37.1 Å². The van der Waals surface area contributed by atoms with E-state index in [1.165, 1.54) is 22.2 Å². The van der Waals surface area contributed by atoms with Crippen molar-refractivity contribution >= 4 is 26.7 Å². The second-order valence-corrected chi connectivity index (χ2v) is 6.75. The molecular formula is C8H14N4O2S2. The second-order valence-electron chi connectivity index (χ2n) is 3.71. The molecule has 2 rings (SSSR count). The molecule has 1 fully saturated rings. The van der Waals surface area contributed by atoms with E-state index in [0.29, 0.717) is 19.0 Å². The Morgan fingerprint density at radius 3 is 2.94 bits per heavy atom. The van der Waals surface area contributed by atoms with Crippen molar-refractivity contribution in [2.45, 2.75) is 6.92 Å². The van der Waals surface area contributed by atoms with Gasteiger partial charge in [0.15, 0.2) is 0 Å². The van der Waals surface area contributed by atoms with Crippen LogP contribution in [-0.4, -0.2) is 47.5 Å². The van der Waals surface area contributed by atoms with Crippen molar-refractivity contribution in [3.05, 3.63) is 6.33 Å². The molecule has 6 nitrogen and oxygen atoms in total. The predicted molar refractivity (Wildman–Crippen MR) is 62.9 cm³/mol. The fourth-order valence-corrected chi connectivity index (χ4v) is 3.22. The van der Waals surface area contributed by atoms with Crippen LogP contribution in [0.4, 0.5) is 5.13 Å². The average molecular weight is 262 g/mol. The molecule has 0 atom stereocenters. The zero-order valence-corrected chi connectivity index (χ0v) is 10.6. The molecule has 1 aliphatic heterocycles. The summed E-state index contributed by atoms with van der Waals surface area (Å²) in [5.74, 6) is 0.564. The van der Waals surface area contributed by atoms with Crippen LogP contribution < -0.4 is 5.32 Å². The fourth-order valence-electron chi connectivity index (χ4n) is 1.54. The van der Waals surface area contributed by atoms with Crippen molar-refractivity contribution in [2.24, 2.45) is 5.92 Å². The highest BCUT2D eigenvalue weighted by atomic mass is 32.2. The standard InChI is InChI=1S/C8H14N4O2S2/c1-2-16(13,14)12-4-7(5-12)3-9-8-10-6-11-15-8/h6-7H,2-5H2,1H3,(H,9,10,11). The number of anilines is 1. The molecule has 1 aromatic heterocycles. The van der Waals surface area contributed by atoms with Gasteiger partial charge in [-0.2, -0.15) is 4.37 Å². The lowest BCUT2D eigenvalue weighted by molar-refractivity contribution is 0.212. The molecular weight excluding hydrogens is 248 g/mol. The Hall–Kier alpha value is -0.730. The zero-order chi connectivity index (χ0) is 11.6. The first-order valence-electron chi connectivity index (χ1n) is 5.10. The molecule has 0 amide bonds. The van der Waals surface area contributed by atoms with E-state index in [0.717, 1.165) is 11.7 Å². The van der Waals surface area contributed by atoms with Crippen LogP contribution in [0.25, 0.3) is 0 Å². The molecule has 0 saturated carbocycles. The molecule has 1 N–H and O–H groups in total. The quantitative estimate of drug-likeness (QED) is 0.822. The van der Waals surface area contributed by atoms with Crippen LogP contribution in [-0.2, 0) is 10.0 Å². The largest absolute Gasteiger partial charge is 0.360 e. The van der Waals surface area contributed by atoms with E-state index < -0.39 is 10.0 Å². The molecule has 0 radical (unpaired) electrons. The second kappa shape index (κ2) is 4.64. The maximum absolute atomic E-state index is 11.4. The van der Waals surface area contributed by atoms with Gasteiger partial charge in [-0.1, -0.05) is 0 Å². The molecule has 8 heteroatoms. The SMILES string of the molecule is CCS(=O)(=O)N1CC(CNc2ncns2)C1. The summed E-state index contributed by atoms with van der Waals surface area (Å²) >= 11 is 1.31. The van der Waals surface area contributed by atoms with Gasteiger partial charge < -0.3 is 5.32 Å². The number of nitrogens with zero attached hydrogens (tertiary/aromatic N) is 3. The van der Waals surface area contributed by atoms with Crippen LogP contribution in [0.2, 0.25) is 0 Å². The Morgan fingerprint density at radius 1 is 1.62 bits per heavy atom. The van der Waals surface area contributed by atoms with Gasteiger partial charge >= 0.3 is 0 Å². The molecule has 1 aromatic rings. The summed E-state index contributed by atoms with van der Waals surface area (Å²) < 4.78 is 28.3. The topological polar surface area (TPSA) is 75.2 Å². The Bertz CT molecular complexity index is 425. The van der Waals surface area contributed by atoms with E-state index in [4.69, 9.17) is 0 Å². The first kappa shape index (κ1) is 11.7. The van der Waals surface area contributed by atoms with E-state index in [1.807, 2.05) is 0 Å². The lowest BCUT2D eigenvalue weighted by Crippen LogP contribution is -2.52. The van der Waals surface area contributed by atoms with Gasteiger partial charge in [-0.25, -0.2) is 17.7 Å². The summed E-state index contributed by atoms with van der Waals surface area (Å²) in [6, 6.07) is 0. The molecule has 16 heavy (non-hydrogen) atoms. The first-order chi connectivity index (χ1) is 7.62. The number of hydrogen-bond donors (Lipinski definition) is 1. The Balaban J connectivity index is 1.73. The Morgan fingerprint density at radius 2 is 2.38 bits per heavy atom. The van der Waals surface area contributed by atoms with Gasteiger partial charge in [0.2, 0.25) is 15.2 Å². The molecule has 0 bridgehead atoms. The van der Waals surface area contributed by atoms with Gasteiger partial charge in [0.05, 0.1) is 5.75 Å². The molecule has 90 valence electrons. The summed E-state index contributed by atoms with van der Waals surface area (Å²) in [4.78, 5) is 3.99. The van der Waals surface area contributed by atoms with Gasteiger partial charge in [0.1, 0.15) is 6.33 Å². The third kappa shape index (κ3) is 2.50. The molecule has 1 saturated heterocycles. The van der Waals surface area contributed by atoms with Gasteiger partial charge in [-0.3, -0.25) is 0 Å². The molecule has 0 unspecified atom stereocenters. The van der Waals surface area contributed by atoms with Crippen LogP contribution in [0, 0.1) is 5.92 Å². The highest BCUT2D eigenvalue weighted by Gasteiger charge is 2.34. The lowest BCUT2D eigenvalue weighted by Gasteiger charge is -2.37. The third-order valence-corrected chi connectivity index (χ3v) is 5.02. The lowest BCUT2D eigenvalue weighted by atomic mass is 10.0. The Labute approximate surface area is 98.9 Å². The summed E-state index contributed by atoms with van der Waals surface area (Å²) in [6.45, 7) is 3.65. The van der Waals surface area contributed by atoms with E-state index in [-0.39, 0.29) is 5.75 Å². The highest BCUT2D eigenvalue weighted by Crippen LogP contribution is 2.20. The molecule has 0 aromatic carbocycles. The minimum Gasteiger partial charge on any atom is -0.360 e. The Kier molecular flexibility index (Phi) is 3.41. The van der Waals surface area contributed by atoms with E-state index in [9.17, 15) is 8.42 Å². The molecule has 2 heterocycles. The summed E-state index contributed by atoms with van der Waals surface area (Å²) in [5.41, 5.74) is 0. The van der Waals surface area contributed by atoms with Gasteiger partial charge in [-0.15, -0.1) is 0 Å². The van der Waals surface area contributed by atoms with E-state index >= 15 is 0 Å². The van der Waals surface area contributed by atoms with Crippen LogP contribution in [0.15, 0.2) is 6.33 Å². The number of hydrogen-bond acceptors (Lipinski definition) is 6. The van der Waals surface area contributed by atoms with Crippen molar-refractivity contribution in [1.82, 2.24) is 13.7 Å². The normalized spacial score (nSPS) is 18.3. The van der Waals surface area contributed by atoms with E-state index in [2.05, 4.69) is 14.7 Å². The minimum absolute atomic E-state index is 0.184. The highest BCUT2D eigenvalue weighted by molar-refractivity contribution is 7.89. The number of aromatic nitrogens is 2. The van der Waals surface area contributed by atoms with Crippen LogP contribution in [0.5, 0.6) is 0 Å². The zero-order valence-electron chi connectivity index (χ0n) is 8.96. The average Bonchev–Trinajstić information content (AvgIpc) is 2.68.